The second-order valence-corrected chi connectivity index (χ2v) is 6.86. The fourth-order valence-corrected chi connectivity index (χ4v) is 3.73. The first kappa shape index (κ1) is 15.9. The van der Waals surface area contributed by atoms with Crippen LogP contribution in [0.4, 0.5) is 0 Å². The summed E-state index contributed by atoms with van der Waals surface area (Å²) in [5, 5.41) is 3.59. The lowest BCUT2D eigenvalue weighted by Gasteiger charge is -2.05. The van der Waals surface area contributed by atoms with Crippen LogP contribution in [0.25, 0.3) is 27.5 Å². The molecule has 0 fully saturated rings. The predicted molar refractivity (Wildman–Crippen MR) is 109 cm³/mol. The van der Waals surface area contributed by atoms with E-state index in [0.29, 0.717) is 0 Å². The Kier molecular flexibility index (Phi) is 3.82. The molecule has 4 aromatic heterocycles. The molecule has 0 N–H and O–H groups in total. The number of pyridine rings is 3. The van der Waals surface area contributed by atoms with Crippen molar-refractivity contribution in [2.75, 3.05) is 0 Å². The van der Waals surface area contributed by atoms with Crippen LogP contribution in [0.5, 0.6) is 0 Å². The molecule has 4 heteroatoms. The van der Waals surface area contributed by atoms with Crippen LogP contribution < -0.4 is 0 Å². The zero-order chi connectivity index (χ0) is 18.2. The summed E-state index contributed by atoms with van der Waals surface area (Å²) in [4.78, 5) is 13.9. The molecule has 132 valence electrons. The molecule has 0 spiro atoms. The molecule has 4 nitrogen and oxygen atoms in total. The van der Waals surface area contributed by atoms with Crippen LogP contribution in [0, 0.1) is 0 Å². The summed E-state index contributed by atoms with van der Waals surface area (Å²) < 4.78 is 2.13. The van der Waals surface area contributed by atoms with Crippen molar-refractivity contribution in [2.24, 2.45) is 0 Å². The Morgan fingerprint density at radius 2 is 1.78 bits per heavy atom. The summed E-state index contributed by atoms with van der Waals surface area (Å²) in [6.45, 7) is 2.20. The van der Waals surface area contributed by atoms with E-state index in [2.05, 4.69) is 70.1 Å². The summed E-state index contributed by atoms with van der Waals surface area (Å²) in [7, 11) is 0. The van der Waals surface area contributed by atoms with Crippen molar-refractivity contribution in [3.05, 3.63) is 84.1 Å². The number of aromatic nitrogens is 4. The summed E-state index contributed by atoms with van der Waals surface area (Å²) in [5.41, 5.74) is 5.35. The van der Waals surface area contributed by atoms with Crippen molar-refractivity contribution < 1.29 is 0 Å². The molecule has 0 amide bonds. The fourth-order valence-electron chi connectivity index (χ4n) is 3.73. The number of benzene rings is 1. The molecule has 0 saturated carbocycles. The van der Waals surface area contributed by atoms with E-state index in [9.17, 15) is 0 Å². The number of hydrogen-bond acceptors (Lipinski definition) is 3. The van der Waals surface area contributed by atoms with Gasteiger partial charge in [-0.2, -0.15) is 0 Å². The first-order chi connectivity index (χ1) is 13.3. The standard InChI is InChI=1S/C23H20N4/c1-2-16-5-3-7-21-20(16)12-14-27-15-19(26-23(21)27)11-10-18-9-8-17-6-4-13-24-22(17)25-18/h3-9,12-15H,2,10-11H2,1H3. The summed E-state index contributed by atoms with van der Waals surface area (Å²) in [5.74, 6) is 0. The van der Waals surface area contributed by atoms with Crippen LogP contribution in [0.1, 0.15) is 23.9 Å². The lowest BCUT2D eigenvalue weighted by Crippen LogP contribution is -1.96. The third-order valence-corrected chi connectivity index (χ3v) is 5.16. The van der Waals surface area contributed by atoms with Crippen LogP contribution >= 0.6 is 0 Å². The van der Waals surface area contributed by atoms with Gasteiger partial charge in [0, 0.05) is 35.1 Å². The zero-order valence-electron chi connectivity index (χ0n) is 15.3. The number of hydrogen-bond donors (Lipinski definition) is 0. The number of fused-ring (bicyclic) bond motifs is 4. The van der Waals surface area contributed by atoms with E-state index >= 15 is 0 Å². The zero-order valence-corrected chi connectivity index (χ0v) is 15.3. The molecule has 0 bridgehead atoms. The Morgan fingerprint density at radius 1 is 0.852 bits per heavy atom. The van der Waals surface area contributed by atoms with Crippen LogP contribution in [-0.2, 0) is 19.3 Å². The molecule has 0 radical (unpaired) electrons. The minimum absolute atomic E-state index is 0.808. The van der Waals surface area contributed by atoms with Gasteiger partial charge in [-0.05, 0) is 60.5 Å². The van der Waals surface area contributed by atoms with Gasteiger partial charge in [-0.3, -0.25) is 0 Å². The van der Waals surface area contributed by atoms with Gasteiger partial charge in [-0.15, -0.1) is 0 Å². The minimum atomic E-state index is 0.808. The second kappa shape index (κ2) is 6.47. The minimum Gasteiger partial charge on any atom is -0.306 e. The Balaban J connectivity index is 1.47. The number of nitrogens with zero attached hydrogens (tertiary/aromatic N) is 4. The van der Waals surface area contributed by atoms with Gasteiger partial charge in [0.2, 0.25) is 0 Å². The molecular weight excluding hydrogens is 332 g/mol. The summed E-state index contributed by atoms with van der Waals surface area (Å²) >= 11 is 0. The van der Waals surface area contributed by atoms with Crippen molar-refractivity contribution in [1.82, 2.24) is 19.4 Å². The Labute approximate surface area is 157 Å². The van der Waals surface area contributed by atoms with E-state index in [4.69, 9.17) is 4.98 Å². The van der Waals surface area contributed by atoms with Crippen molar-refractivity contribution in [3.8, 4) is 0 Å². The van der Waals surface area contributed by atoms with Crippen LogP contribution in [0.15, 0.2) is 67.1 Å². The highest BCUT2D eigenvalue weighted by Crippen LogP contribution is 2.24. The topological polar surface area (TPSA) is 43.1 Å². The van der Waals surface area contributed by atoms with E-state index in [1.165, 1.54) is 16.3 Å². The smallest absolute Gasteiger partial charge is 0.159 e. The van der Waals surface area contributed by atoms with Crippen LogP contribution in [0.3, 0.4) is 0 Å². The average molecular weight is 352 g/mol. The highest BCUT2D eigenvalue weighted by molar-refractivity contribution is 5.96. The lowest BCUT2D eigenvalue weighted by molar-refractivity contribution is 0.894. The molecule has 0 atom stereocenters. The molecule has 5 rings (SSSR count). The largest absolute Gasteiger partial charge is 0.306 e. The Bertz CT molecular complexity index is 1270. The monoisotopic (exact) mass is 352 g/mol. The van der Waals surface area contributed by atoms with Gasteiger partial charge in [0.25, 0.3) is 0 Å². The first-order valence-electron chi connectivity index (χ1n) is 9.40. The highest BCUT2D eigenvalue weighted by atomic mass is 15.0. The second-order valence-electron chi connectivity index (χ2n) is 6.86. The Morgan fingerprint density at radius 3 is 2.70 bits per heavy atom. The van der Waals surface area contributed by atoms with Gasteiger partial charge in [-0.1, -0.05) is 25.1 Å². The summed E-state index contributed by atoms with van der Waals surface area (Å²) in [6.07, 6.45) is 8.79. The highest BCUT2D eigenvalue weighted by Gasteiger charge is 2.08. The van der Waals surface area contributed by atoms with Gasteiger partial charge in [-0.25, -0.2) is 15.0 Å². The number of aryl methyl sites for hydroxylation is 3. The first-order valence-corrected chi connectivity index (χ1v) is 9.40. The summed E-state index contributed by atoms with van der Waals surface area (Å²) in [6, 6.07) is 16.8. The molecular formula is C23H20N4. The molecule has 0 unspecified atom stereocenters. The molecule has 0 aliphatic carbocycles. The third-order valence-electron chi connectivity index (χ3n) is 5.16. The molecule has 27 heavy (non-hydrogen) atoms. The Hall–Kier alpha value is -3.27. The van der Waals surface area contributed by atoms with Gasteiger partial charge in [0.05, 0.1) is 5.69 Å². The quantitative estimate of drug-likeness (QED) is 0.467. The molecule has 1 aromatic carbocycles. The molecule has 0 saturated heterocycles. The third kappa shape index (κ3) is 2.83. The SMILES string of the molecule is CCc1cccc2c1ccn1cc(CCc3ccc4cccnc4n3)nc21. The van der Waals surface area contributed by atoms with E-state index in [1.807, 2.05) is 12.1 Å². The predicted octanol–water partition coefficient (Wildman–Crippen LogP) is 4.78. The fraction of sp³-hybridized carbons (Fsp3) is 0.174. The maximum atomic E-state index is 4.91. The molecule has 5 aromatic rings. The number of rotatable bonds is 4. The maximum Gasteiger partial charge on any atom is 0.159 e. The van der Waals surface area contributed by atoms with Gasteiger partial charge in [0.1, 0.15) is 5.65 Å². The van der Waals surface area contributed by atoms with Crippen molar-refractivity contribution >= 4 is 27.5 Å². The van der Waals surface area contributed by atoms with Gasteiger partial charge in [0.15, 0.2) is 5.65 Å². The lowest BCUT2D eigenvalue weighted by atomic mass is 10.0. The maximum absolute atomic E-state index is 4.91. The van der Waals surface area contributed by atoms with Gasteiger partial charge >= 0.3 is 0 Å². The van der Waals surface area contributed by atoms with Crippen molar-refractivity contribution in [3.63, 3.8) is 0 Å². The van der Waals surface area contributed by atoms with Crippen LogP contribution in [0.2, 0.25) is 0 Å². The molecule has 4 heterocycles. The van der Waals surface area contributed by atoms with Crippen molar-refractivity contribution in [2.45, 2.75) is 26.2 Å². The molecule has 0 aliphatic heterocycles. The van der Waals surface area contributed by atoms with E-state index < -0.39 is 0 Å². The van der Waals surface area contributed by atoms with Crippen LogP contribution in [-0.4, -0.2) is 19.4 Å². The van der Waals surface area contributed by atoms with E-state index in [1.54, 1.807) is 6.20 Å². The number of imidazole rings is 1. The van der Waals surface area contributed by atoms with Gasteiger partial charge < -0.3 is 4.40 Å². The average Bonchev–Trinajstić information content (AvgIpc) is 3.15. The van der Waals surface area contributed by atoms with E-state index in [-0.39, 0.29) is 0 Å². The molecule has 0 aliphatic rings. The van der Waals surface area contributed by atoms with Crippen molar-refractivity contribution in [1.29, 1.82) is 0 Å². The normalized spacial score (nSPS) is 11.6. The van der Waals surface area contributed by atoms with E-state index in [0.717, 1.165) is 47.3 Å².